The number of aromatic nitrogens is 2. The maximum atomic E-state index is 14.3. The number of fused-ring (bicyclic) bond motifs is 1. The highest BCUT2D eigenvalue weighted by Crippen LogP contribution is 2.33. The van der Waals surface area contributed by atoms with Crippen LogP contribution < -0.4 is 64.2 Å². The molecule has 46 nitrogen and oxygen atoms in total. The zero-order valence-corrected chi connectivity index (χ0v) is 67.5. The lowest BCUT2D eigenvalue weighted by Gasteiger charge is -2.19. The van der Waals surface area contributed by atoms with Crippen LogP contribution in [-0.2, 0) is 112 Å². The quantitative estimate of drug-likeness (QED) is 0.0203. The molecule has 0 spiro atoms. The number of hydrogen-bond acceptors (Lipinski definition) is 24. The van der Waals surface area contributed by atoms with Gasteiger partial charge in [-0.3, -0.25) is 72.2 Å². The number of carbonyl (C=O) groups is 22. The number of H-pyrrole nitrogens is 1. The summed E-state index contributed by atoms with van der Waals surface area (Å²) >= 11 is 0. The fraction of sp³-hybridized carbons (Fsp3) is 0.431. The number of nitrogens with two attached hydrogens (primary N) is 1. The maximum Gasteiger partial charge on any atom is 0.326 e. The first-order valence-corrected chi connectivity index (χ1v) is 36.0. The van der Waals surface area contributed by atoms with Gasteiger partial charge < -0.3 is 115 Å². The Morgan fingerprint density at radius 1 is 0.393 bits per heavy atom. The molecule has 0 aliphatic carbocycles. The average Bonchev–Trinajstić information content (AvgIpc) is 1.62. The van der Waals surface area contributed by atoms with Crippen molar-refractivity contribution >= 4 is 193 Å². The molecule has 11 amide bonds. The summed E-state index contributed by atoms with van der Waals surface area (Å²) in [5, 5.41) is 127. The largest absolute Gasteiger partial charge is 0.481 e. The maximum absolute atomic E-state index is 14.3. The van der Waals surface area contributed by atoms with Gasteiger partial charge >= 0.3 is 59.7 Å². The second-order valence-corrected chi connectivity index (χ2v) is 26.7. The Balaban J connectivity index is 0.0000248. The molecule has 1 aromatic heterocycles. The molecule has 4 rings (SSSR count). The van der Waals surface area contributed by atoms with Crippen molar-refractivity contribution in [3.63, 3.8) is 0 Å². The van der Waals surface area contributed by atoms with Crippen LogP contribution in [0.25, 0.3) is 22.0 Å². The van der Waals surface area contributed by atoms with E-state index in [0.29, 0.717) is 27.7 Å². The number of hydrogen-bond donors (Lipinski definition) is 23. The minimum atomic E-state index is -2.12. The fourth-order valence-corrected chi connectivity index (χ4v) is 11.1. The second kappa shape index (κ2) is 52.5. The van der Waals surface area contributed by atoms with Crippen LogP contribution in [0.4, 0.5) is 15.9 Å². The molecule has 0 radical (unpaired) electrons. The van der Waals surface area contributed by atoms with Gasteiger partial charge in [-0.1, -0.05) is 42.0 Å². The summed E-state index contributed by atoms with van der Waals surface area (Å²) in [6.45, 7) is 1.11. The molecular formula is C72H93FN14O32S3. The standard InChI is InChI=1S/C72H87FN14O32.3H2S/c1-32-5-11-39(73)34(27-32)28-58(97)76-35-8-6-33(7-9-35)37-3-2-4-41-60(37)61(87-86-41)85-59(98)31-75-57(96)30-40(74)62(99)84-49(72(118)119)19-26-56(95)83-48(71(116)117)18-25-55(94)82-47(70(114)115)17-24-54(93)81-46(69(112)113)16-23-53(92)80-45(68(110)111)15-22-52(91)79-44(67(108)109)14-21-51(90)78-43(66(106)107)13-20-50(89)77-42(65(104)105)12-10-36(88)29-38(63(100)101)64(102)103;;;/h2-9,11,27,38,40,42-49H,10,12-26,28-31,74H2,1H3,(H,75,96)(H,76,97)(H,77,89)(H,78,90)(H,79,91)(H,80,92)(H,81,93)(H,82,94)(H,83,95)(H,84,99)(H,100,101)(H,102,103)(H,104,105)(H,106,107)(H,108,109)(H,110,111)(H,112,113)(H,114,115)(H,116,117)(H,118,119)(H2,85,86,87,98);3*1H2/t40-,42-,43-,44-,45-,46-,47-,48-,49-;;;/m0.../s1. The summed E-state index contributed by atoms with van der Waals surface area (Å²) in [6.07, 6.45) is -13.8. The van der Waals surface area contributed by atoms with Crippen molar-refractivity contribution in [2.24, 2.45) is 11.7 Å². The second-order valence-electron chi connectivity index (χ2n) is 26.7. The number of anilines is 2. The van der Waals surface area contributed by atoms with Gasteiger partial charge in [0.2, 0.25) is 65.0 Å². The lowest BCUT2D eigenvalue weighted by molar-refractivity contribution is -0.157. The number of aliphatic carboxylic acids is 10. The summed E-state index contributed by atoms with van der Waals surface area (Å²) < 4.78 is 14.3. The van der Waals surface area contributed by atoms with Crippen LogP contribution in [0.15, 0.2) is 60.7 Å². The third kappa shape index (κ3) is 37.7. The molecule has 0 aliphatic rings. The number of rotatable bonds is 54. The van der Waals surface area contributed by atoms with Crippen LogP contribution >= 0.6 is 40.5 Å². The Bertz CT molecular complexity index is 4520. The summed E-state index contributed by atoms with van der Waals surface area (Å²) in [6, 6.07) is -0.380. The van der Waals surface area contributed by atoms with E-state index in [1.165, 1.54) is 6.07 Å². The van der Waals surface area contributed by atoms with E-state index in [1.807, 2.05) is 37.2 Å². The minimum absolute atomic E-state index is 0. The van der Waals surface area contributed by atoms with Crippen molar-refractivity contribution in [3.8, 4) is 11.1 Å². The zero-order valence-electron chi connectivity index (χ0n) is 64.5. The number of carboxylic acids is 10. The topological polar surface area (TPSA) is 765 Å². The number of aryl methyl sites for hydroxylation is 1. The molecule has 0 saturated carbocycles. The number of Topliss-reactive ketones (excluding diaryl/α,β-unsaturated/α-hetero) is 1. The summed E-state index contributed by atoms with van der Waals surface area (Å²) in [7, 11) is 0. The fourth-order valence-electron chi connectivity index (χ4n) is 11.1. The molecule has 122 heavy (non-hydrogen) atoms. The van der Waals surface area contributed by atoms with E-state index in [4.69, 9.17) is 15.9 Å². The SMILES string of the molecule is Cc1ccc(F)c(CC(=O)Nc2ccc(-c3cccc4[nH]nc(NC(=O)CNC(=O)C[C@H](N)C(=O)N[C@@H](CCC(=O)N[C@@H](CCC(=O)N[C@@H](CCC(=O)N[C@@H](CCC(=O)N[C@@H](CCC(=O)N[C@@H](CCC(=O)N[C@@H](CCC(=O)N[C@@H](CCC(=O)CC(C(=O)O)C(=O)O)C(=O)O)C(=O)O)C(=O)O)C(=O)O)C(=O)O)C(=O)O)C(=O)O)C(=O)O)c34)cc2)c1.S.S.S. The molecule has 0 fully saturated rings. The number of nitrogens with zero attached hydrogens (tertiary/aromatic N) is 1. The van der Waals surface area contributed by atoms with E-state index in [9.17, 15) is 151 Å². The number of halogens is 1. The summed E-state index contributed by atoms with van der Waals surface area (Å²) in [5.74, 6) is -32.3. The first-order valence-electron chi connectivity index (χ1n) is 36.0. The van der Waals surface area contributed by atoms with Gasteiger partial charge in [-0.15, -0.1) is 0 Å². The number of benzene rings is 3. The zero-order chi connectivity index (χ0) is 89.1. The lowest BCUT2D eigenvalue weighted by Crippen LogP contribution is -2.50. The first kappa shape index (κ1) is 107. The Labute approximate surface area is 710 Å². The van der Waals surface area contributed by atoms with Crippen LogP contribution in [0.5, 0.6) is 0 Å². The molecule has 0 bridgehead atoms. The van der Waals surface area contributed by atoms with E-state index >= 15 is 0 Å². The highest BCUT2D eigenvalue weighted by molar-refractivity contribution is 7.59. The normalized spacial score (nSPS) is 12.9. The number of carboxylic acid groups (broad SMARTS) is 10. The number of amides is 11. The average molecular weight is 1780 g/mol. The van der Waals surface area contributed by atoms with Crippen molar-refractivity contribution in [2.45, 2.75) is 183 Å². The van der Waals surface area contributed by atoms with Gasteiger partial charge in [0.05, 0.1) is 36.3 Å². The minimum Gasteiger partial charge on any atom is -0.481 e. The molecule has 3 aromatic carbocycles. The predicted octanol–water partition coefficient (Wildman–Crippen LogP) is -2.49. The summed E-state index contributed by atoms with van der Waals surface area (Å²) in [5.41, 5.74) is 9.06. The molecule has 24 N–H and O–H groups in total. The van der Waals surface area contributed by atoms with Gasteiger partial charge in [0.25, 0.3) is 0 Å². The highest BCUT2D eigenvalue weighted by Gasteiger charge is 2.34. The number of aromatic amines is 1. The molecule has 0 saturated heterocycles. The van der Waals surface area contributed by atoms with E-state index in [0.717, 1.165) is 5.56 Å². The van der Waals surface area contributed by atoms with Crippen molar-refractivity contribution in [2.75, 3.05) is 17.2 Å². The molecule has 4 aromatic rings. The number of carbonyl (C=O) groups excluding carboxylic acids is 12. The molecule has 9 atom stereocenters. The van der Waals surface area contributed by atoms with E-state index in [2.05, 4.69) is 31.5 Å². The third-order valence-electron chi connectivity index (χ3n) is 17.5. The van der Waals surface area contributed by atoms with Gasteiger partial charge in [-0.25, -0.2) is 42.7 Å². The van der Waals surface area contributed by atoms with Gasteiger partial charge in [0.1, 0.15) is 59.9 Å². The summed E-state index contributed by atoms with van der Waals surface area (Å²) in [4.78, 5) is 271. The van der Waals surface area contributed by atoms with Gasteiger partial charge in [0.15, 0.2) is 11.7 Å². The predicted molar refractivity (Wildman–Crippen MR) is 429 cm³/mol. The number of nitrogens with one attached hydrogen (secondary N) is 12. The Morgan fingerprint density at radius 2 is 0.738 bits per heavy atom. The van der Waals surface area contributed by atoms with Crippen LogP contribution in [0.2, 0.25) is 0 Å². The van der Waals surface area contributed by atoms with Crippen molar-refractivity contribution in [1.82, 2.24) is 58.0 Å². The van der Waals surface area contributed by atoms with Crippen LogP contribution in [-0.4, -0.2) is 253 Å². The van der Waals surface area contributed by atoms with Crippen molar-refractivity contribution in [3.05, 3.63) is 77.6 Å². The van der Waals surface area contributed by atoms with E-state index < -0.39 is 319 Å². The van der Waals surface area contributed by atoms with E-state index in [-0.39, 0.29) is 58.3 Å². The van der Waals surface area contributed by atoms with E-state index in [1.54, 1.807) is 61.5 Å². The molecule has 1 heterocycles. The lowest BCUT2D eigenvalue weighted by atomic mass is 9.98. The Morgan fingerprint density at radius 3 is 1.08 bits per heavy atom. The molecule has 668 valence electrons. The monoisotopic (exact) mass is 1780 g/mol. The van der Waals surface area contributed by atoms with Crippen LogP contribution in [0, 0.1) is 18.7 Å². The van der Waals surface area contributed by atoms with Gasteiger partial charge in [0, 0.05) is 63.5 Å². The van der Waals surface area contributed by atoms with Crippen LogP contribution in [0.3, 0.4) is 0 Å². The Kier molecular flexibility index (Phi) is 45.9. The Hall–Kier alpha value is -13.4. The van der Waals surface area contributed by atoms with Crippen LogP contribution in [0.1, 0.15) is 127 Å². The van der Waals surface area contributed by atoms with Crippen molar-refractivity contribution < 1.29 is 161 Å². The number of ketones is 1. The first-order chi connectivity index (χ1) is 55.9. The third-order valence-corrected chi connectivity index (χ3v) is 17.5. The molecular weight excluding hydrogens is 1690 g/mol. The molecule has 0 unspecified atom stereocenters. The van der Waals surface area contributed by atoms with Gasteiger partial charge in [-0.2, -0.15) is 45.6 Å². The highest BCUT2D eigenvalue weighted by atomic mass is 32.1. The van der Waals surface area contributed by atoms with Crippen molar-refractivity contribution in [1.29, 1.82) is 0 Å². The molecule has 50 heteroatoms. The smallest absolute Gasteiger partial charge is 0.326 e. The molecule has 0 aliphatic heterocycles. The van der Waals surface area contributed by atoms with Gasteiger partial charge in [-0.05, 0) is 99.2 Å².